The van der Waals surface area contributed by atoms with E-state index in [4.69, 9.17) is 9.47 Å². The third kappa shape index (κ3) is 4.21. The fraction of sp³-hybridized carbons (Fsp3) is 0.130. The number of carbonyl (C=O) groups excluding carboxylic acids is 1. The van der Waals surface area contributed by atoms with Crippen molar-refractivity contribution in [3.63, 3.8) is 0 Å². The van der Waals surface area contributed by atoms with Crippen molar-refractivity contribution in [2.75, 3.05) is 12.4 Å². The maximum absolute atomic E-state index is 12.7. The molecule has 0 aliphatic rings. The number of methoxy groups -OCH3 is 1. The summed E-state index contributed by atoms with van der Waals surface area (Å²) in [4.78, 5) is 19.9. The SMILES string of the molecule is COc1ccc(NC(=O)c2cc3cc(C)ccc3[nH]2)cc1OCc1cccnc1. The summed E-state index contributed by atoms with van der Waals surface area (Å²) < 4.78 is 11.2. The van der Waals surface area contributed by atoms with Crippen LogP contribution < -0.4 is 14.8 Å². The van der Waals surface area contributed by atoms with E-state index in [1.807, 2.05) is 43.3 Å². The van der Waals surface area contributed by atoms with Gasteiger partial charge in [-0.25, -0.2) is 0 Å². The summed E-state index contributed by atoms with van der Waals surface area (Å²) in [5.41, 5.74) is 4.13. The van der Waals surface area contributed by atoms with Gasteiger partial charge in [-0.2, -0.15) is 0 Å². The van der Waals surface area contributed by atoms with Gasteiger partial charge in [0.05, 0.1) is 7.11 Å². The number of ether oxygens (including phenoxy) is 2. The number of pyridine rings is 1. The zero-order valence-corrected chi connectivity index (χ0v) is 16.2. The van der Waals surface area contributed by atoms with Crippen LogP contribution in [-0.2, 0) is 6.61 Å². The number of H-pyrrole nitrogens is 1. The number of rotatable bonds is 6. The first-order valence-corrected chi connectivity index (χ1v) is 9.23. The third-order valence-corrected chi connectivity index (χ3v) is 4.56. The Balaban J connectivity index is 1.52. The van der Waals surface area contributed by atoms with Crippen molar-refractivity contribution in [1.82, 2.24) is 9.97 Å². The van der Waals surface area contributed by atoms with Gasteiger partial charge in [-0.3, -0.25) is 9.78 Å². The second-order valence-corrected chi connectivity index (χ2v) is 6.74. The average molecular weight is 387 g/mol. The van der Waals surface area contributed by atoms with Gasteiger partial charge in [0.1, 0.15) is 12.3 Å². The van der Waals surface area contributed by atoms with Crippen molar-refractivity contribution >= 4 is 22.5 Å². The third-order valence-electron chi connectivity index (χ3n) is 4.56. The average Bonchev–Trinajstić information content (AvgIpc) is 3.16. The Labute approximate surface area is 168 Å². The second kappa shape index (κ2) is 8.06. The van der Waals surface area contributed by atoms with Gasteiger partial charge in [0.2, 0.25) is 0 Å². The Morgan fingerprint density at radius 1 is 1.10 bits per heavy atom. The molecule has 0 unspecified atom stereocenters. The summed E-state index contributed by atoms with van der Waals surface area (Å²) in [5.74, 6) is 0.914. The number of hydrogen-bond donors (Lipinski definition) is 2. The van der Waals surface area contributed by atoms with Crippen molar-refractivity contribution in [3.05, 3.63) is 83.8 Å². The molecule has 2 aromatic carbocycles. The fourth-order valence-corrected chi connectivity index (χ4v) is 3.08. The van der Waals surface area contributed by atoms with E-state index in [1.54, 1.807) is 37.7 Å². The van der Waals surface area contributed by atoms with Gasteiger partial charge in [-0.1, -0.05) is 17.7 Å². The molecule has 0 radical (unpaired) electrons. The Hall–Kier alpha value is -3.80. The largest absolute Gasteiger partial charge is 0.493 e. The van der Waals surface area contributed by atoms with E-state index in [2.05, 4.69) is 15.3 Å². The highest BCUT2D eigenvalue weighted by Crippen LogP contribution is 2.31. The lowest BCUT2D eigenvalue weighted by molar-refractivity contribution is 0.102. The van der Waals surface area contributed by atoms with E-state index < -0.39 is 0 Å². The predicted octanol–water partition coefficient (Wildman–Crippen LogP) is 4.71. The van der Waals surface area contributed by atoms with Crippen molar-refractivity contribution in [3.8, 4) is 11.5 Å². The first kappa shape index (κ1) is 18.6. The molecular formula is C23H21N3O3. The fourth-order valence-electron chi connectivity index (χ4n) is 3.08. The summed E-state index contributed by atoms with van der Waals surface area (Å²) in [6.07, 6.45) is 3.46. The quantitative estimate of drug-likeness (QED) is 0.502. The van der Waals surface area contributed by atoms with Crippen molar-refractivity contribution < 1.29 is 14.3 Å². The molecule has 2 aromatic heterocycles. The number of carbonyl (C=O) groups is 1. The highest BCUT2D eigenvalue weighted by molar-refractivity contribution is 6.06. The van der Waals surface area contributed by atoms with E-state index in [-0.39, 0.29) is 5.91 Å². The van der Waals surface area contributed by atoms with Crippen LogP contribution in [-0.4, -0.2) is 23.0 Å². The molecule has 2 heterocycles. The van der Waals surface area contributed by atoms with Crippen LogP contribution in [0.5, 0.6) is 11.5 Å². The molecule has 4 rings (SSSR count). The first-order chi connectivity index (χ1) is 14.1. The lowest BCUT2D eigenvalue weighted by Crippen LogP contribution is -2.12. The Bertz CT molecular complexity index is 1150. The Morgan fingerprint density at radius 2 is 2.00 bits per heavy atom. The van der Waals surface area contributed by atoms with E-state index in [0.29, 0.717) is 29.5 Å². The van der Waals surface area contributed by atoms with E-state index in [1.165, 1.54) is 0 Å². The normalized spacial score (nSPS) is 10.7. The first-order valence-electron chi connectivity index (χ1n) is 9.23. The second-order valence-electron chi connectivity index (χ2n) is 6.74. The Kier molecular flexibility index (Phi) is 5.16. The van der Waals surface area contributed by atoms with Gasteiger partial charge in [-0.15, -0.1) is 0 Å². The van der Waals surface area contributed by atoms with Crippen LogP contribution in [0.25, 0.3) is 10.9 Å². The molecular weight excluding hydrogens is 366 g/mol. The molecule has 1 amide bonds. The minimum Gasteiger partial charge on any atom is -0.493 e. The molecule has 4 aromatic rings. The summed E-state index contributed by atoms with van der Waals surface area (Å²) in [7, 11) is 1.58. The number of anilines is 1. The Morgan fingerprint density at radius 3 is 2.79 bits per heavy atom. The standard InChI is InChI=1S/C23H21N3O3/c1-15-5-7-19-17(10-15)11-20(26-19)23(27)25-18-6-8-21(28-2)22(12-18)29-14-16-4-3-9-24-13-16/h3-13,26H,14H2,1-2H3,(H,25,27). The molecule has 29 heavy (non-hydrogen) atoms. The number of aromatic nitrogens is 2. The van der Waals surface area contributed by atoms with E-state index in [9.17, 15) is 4.79 Å². The van der Waals surface area contributed by atoms with Crippen LogP contribution in [0.2, 0.25) is 0 Å². The minimum atomic E-state index is -0.220. The molecule has 0 aliphatic carbocycles. The number of benzene rings is 2. The number of fused-ring (bicyclic) bond motifs is 1. The highest BCUT2D eigenvalue weighted by Gasteiger charge is 2.12. The summed E-state index contributed by atoms with van der Waals surface area (Å²) >= 11 is 0. The van der Waals surface area contributed by atoms with E-state index >= 15 is 0 Å². The summed E-state index contributed by atoms with van der Waals surface area (Å²) in [5, 5.41) is 3.91. The predicted molar refractivity (Wildman–Crippen MR) is 113 cm³/mol. The maximum Gasteiger partial charge on any atom is 0.272 e. The molecule has 0 saturated carbocycles. The molecule has 0 saturated heterocycles. The molecule has 0 bridgehead atoms. The zero-order chi connectivity index (χ0) is 20.2. The van der Waals surface area contributed by atoms with Crippen LogP contribution in [0, 0.1) is 6.92 Å². The molecule has 0 atom stereocenters. The number of aryl methyl sites for hydroxylation is 1. The molecule has 0 spiro atoms. The van der Waals surface area contributed by atoms with Gasteiger partial charge in [0.15, 0.2) is 11.5 Å². The van der Waals surface area contributed by atoms with E-state index in [0.717, 1.165) is 22.0 Å². The number of hydrogen-bond acceptors (Lipinski definition) is 4. The van der Waals surface area contributed by atoms with Gasteiger partial charge >= 0.3 is 0 Å². The lowest BCUT2D eigenvalue weighted by Gasteiger charge is -2.13. The van der Waals surface area contributed by atoms with Crippen molar-refractivity contribution in [1.29, 1.82) is 0 Å². The van der Waals surface area contributed by atoms with Gasteiger partial charge < -0.3 is 19.8 Å². The topological polar surface area (TPSA) is 76.2 Å². The number of aromatic amines is 1. The van der Waals surface area contributed by atoms with Gasteiger partial charge in [0, 0.05) is 40.6 Å². The van der Waals surface area contributed by atoms with Crippen LogP contribution >= 0.6 is 0 Å². The van der Waals surface area contributed by atoms with Crippen LogP contribution in [0.4, 0.5) is 5.69 Å². The van der Waals surface area contributed by atoms with Crippen molar-refractivity contribution in [2.45, 2.75) is 13.5 Å². The van der Waals surface area contributed by atoms with Gasteiger partial charge in [0.25, 0.3) is 5.91 Å². The highest BCUT2D eigenvalue weighted by atomic mass is 16.5. The molecule has 6 nitrogen and oxygen atoms in total. The minimum absolute atomic E-state index is 0.220. The molecule has 0 fully saturated rings. The van der Waals surface area contributed by atoms with Crippen LogP contribution in [0.1, 0.15) is 21.6 Å². The maximum atomic E-state index is 12.7. The molecule has 2 N–H and O–H groups in total. The molecule has 0 aliphatic heterocycles. The number of nitrogens with one attached hydrogen (secondary N) is 2. The molecule has 6 heteroatoms. The molecule has 146 valence electrons. The summed E-state index contributed by atoms with van der Waals surface area (Å²) in [6, 6.07) is 17.0. The number of amides is 1. The van der Waals surface area contributed by atoms with Crippen LogP contribution in [0.15, 0.2) is 67.0 Å². The monoisotopic (exact) mass is 387 g/mol. The number of nitrogens with zero attached hydrogens (tertiary/aromatic N) is 1. The zero-order valence-electron chi connectivity index (χ0n) is 16.2. The van der Waals surface area contributed by atoms with Crippen molar-refractivity contribution in [2.24, 2.45) is 0 Å². The lowest BCUT2D eigenvalue weighted by atomic mass is 10.2. The smallest absolute Gasteiger partial charge is 0.272 e. The summed E-state index contributed by atoms with van der Waals surface area (Å²) in [6.45, 7) is 2.37. The van der Waals surface area contributed by atoms with Gasteiger partial charge in [-0.05, 0) is 43.3 Å². The van der Waals surface area contributed by atoms with Crippen LogP contribution in [0.3, 0.4) is 0 Å².